The fourth-order valence-electron chi connectivity index (χ4n) is 2.60. The van der Waals surface area contributed by atoms with Gasteiger partial charge in [-0.1, -0.05) is 0 Å². The molecule has 0 aliphatic rings. The Kier molecular flexibility index (Phi) is 5.66. The first kappa shape index (κ1) is 18.8. The van der Waals surface area contributed by atoms with Crippen LogP contribution in [0.25, 0.3) is 10.6 Å². The zero-order valence-electron chi connectivity index (χ0n) is 15.5. The minimum atomic E-state index is -0.194. The highest BCUT2D eigenvalue weighted by atomic mass is 32.1. The van der Waals surface area contributed by atoms with Gasteiger partial charge in [-0.15, -0.1) is 11.3 Å². The van der Waals surface area contributed by atoms with E-state index in [1.807, 2.05) is 12.1 Å². The Labute approximate surface area is 160 Å². The number of hydrogen-bond acceptors (Lipinski definition) is 7. The third-order valence-electron chi connectivity index (χ3n) is 3.92. The van der Waals surface area contributed by atoms with E-state index in [4.69, 9.17) is 18.6 Å². The molecule has 27 heavy (non-hydrogen) atoms. The predicted molar refractivity (Wildman–Crippen MR) is 102 cm³/mol. The van der Waals surface area contributed by atoms with Crippen LogP contribution in [0.15, 0.2) is 34.9 Å². The van der Waals surface area contributed by atoms with E-state index in [0.29, 0.717) is 45.1 Å². The molecule has 1 amide bonds. The molecule has 3 rings (SSSR count). The molecule has 0 unspecified atom stereocenters. The summed E-state index contributed by atoms with van der Waals surface area (Å²) in [6, 6.07) is 7.21. The van der Waals surface area contributed by atoms with Gasteiger partial charge in [-0.05, 0) is 31.2 Å². The van der Waals surface area contributed by atoms with Gasteiger partial charge in [-0.3, -0.25) is 4.79 Å². The molecule has 1 aromatic carbocycles. The Balaban J connectivity index is 1.88. The van der Waals surface area contributed by atoms with Gasteiger partial charge in [0.2, 0.25) is 5.75 Å². The zero-order valence-corrected chi connectivity index (χ0v) is 16.3. The number of thiazole rings is 1. The van der Waals surface area contributed by atoms with E-state index < -0.39 is 0 Å². The lowest BCUT2D eigenvalue weighted by Gasteiger charge is -2.13. The smallest absolute Gasteiger partial charge is 0.263 e. The molecule has 7 nitrogen and oxygen atoms in total. The van der Waals surface area contributed by atoms with Gasteiger partial charge in [0.05, 0.1) is 39.8 Å². The SMILES string of the molecule is COc1cc(-c2nc(C)c(C(=O)NCc3ccco3)s2)cc(OC)c1OC. The number of amides is 1. The minimum absolute atomic E-state index is 0.194. The second kappa shape index (κ2) is 8.13. The first-order chi connectivity index (χ1) is 13.1. The number of carbonyl (C=O) groups excluding carboxylic acids is 1. The summed E-state index contributed by atoms with van der Waals surface area (Å²) in [7, 11) is 4.67. The molecule has 1 N–H and O–H groups in total. The van der Waals surface area contributed by atoms with E-state index in [2.05, 4.69) is 10.3 Å². The molecule has 0 aliphatic carbocycles. The van der Waals surface area contributed by atoms with Crippen molar-refractivity contribution in [2.75, 3.05) is 21.3 Å². The molecule has 0 atom stereocenters. The van der Waals surface area contributed by atoms with Crippen LogP contribution in [-0.4, -0.2) is 32.2 Å². The molecule has 8 heteroatoms. The van der Waals surface area contributed by atoms with E-state index in [-0.39, 0.29) is 5.91 Å². The third kappa shape index (κ3) is 3.90. The molecule has 142 valence electrons. The van der Waals surface area contributed by atoms with Gasteiger partial charge in [-0.25, -0.2) is 4.98 Å². The lowest BCUT2D eigenvalue weighted by molar-refractivity contribution is 0.0951. The maximum atomic E-state index is 12.5. The number of rotatable bonds is 7. The number of nitrogens with one attached hydrogen (secondary N) is 1. The second-order valence-corrected chi connectivity index (χ2v) is 6.61. The molecular formula is C19H20N2O5S. The molecule has 0 fully saturated rings. The minimum Gasteiger partial charge on any atom is -0.493 e. The number of aryl methyl sites for hydroxylation is 1. The van der Waals surface area contributed by atoms with Crippen molar-refractivity contribution in [3.63, 3.8) is 0 Å². The van der Waals surface area contributed by atoms with Crippen LogP contribution >= 0.6 is 11.3 Å². The summed E-state index contributed by atoms with van der Waals surface area (Å²) in [5.41, 5.74) is 1.43. The first-order valence-electron chi connectivity index (χ1n) is 8.15. The highest BCUT2D eigenvalue weighted by Gasteiger charge is 2.20. The number of aromatic nitrogens is 1. The Bertz CT molecular complexity index is 909. The van der Waals surface area contributed by atoms with Crippen molar-refractivity contribution in [3.8, 4) is 27.8 Å². The molecular weight excluding hydrogens is 368 g/mol. The molecule has 2 heterocycles. The molecule has 0 radical (unpaired) electrons. The summed E-state index contributed by atoms with van der Waals surface area (Å²) in [5, 5.41) is 3.53. The number of hydrogen-bond donors (Lipinski definition) is 1. The van der Waals surface area contributed by atoms with Crippen LogP contribution in [0.2, 0.25) is 0 Å². The lowest BCUT2D eigenvalue weighted by atomic mass is 10.2. The Morgan fingerprint density at radius 2 is 1.89 bits per heavy atom. The number of carbonyl (C=O) groups is 1. The number of benzene rings is 1. The Hall–Kier alpha value is -3.00. The topological polar surface area (TPSA) is 82.8 Å². The largest absolute Gasteiger partial charge is 0.493 e. The highest BCUT2D eigenvalue weighted by molar-refractivity contribution is 7.17. The van der Waals surface area contributed by atoms with Crippen LogP contribution in [0.1, 0.15) is 21.1 Å². The van der Waals surface area contributed by atoms with E-state index in [0.717, 1.165) is 5.56 Å². The molecule has 0 spiro atoms. The van der Waals surface area contributed by atoms with Crippen molar-refractivity contribution in [3.05, 3.63) is 46.9 Å². The van der Waals surface area contributed by atoms with Crippen molar-refractivity contribution in [2.24, 2.45) is 0 Å². The fourth-order valence-corrected chi connectivity index (χ4v) is 3.57. The maximum absolute atomic E-state index is 12.5. The van der Waals surface area contributed by atoms with Gasteiger partial charge in [0.15, 0.2) is 11.5 Å². The summed E-state index contributed by atoms with van der Waals surface area (Å²) < 4.78 is 21.3. The standard InChI is InChI=1S/C19H20N2O5S/c1-11-17(18(22)20-10-13-6-5-7-26-13)27-19(21-11)12-8-14(23-2)16(25-4)15(9-12)24-3/h5-9H,10H2,1-4H3,(H,20,22). The summed E-state index contributed by atoms with van der Waals surface area (Å²) in [6.07, 6.45) is 1.57. The van der Waals surface area contributed by atoms with Crippen molar-refractivity contribution >= 4 is 17.2 Å². The maximum Gasteiger partial charge on any atom is 0.263 e. The number of nitrogens with zero attached hydrogens (tertiary/aromatic N) is 1. The Morgan fingerprint density at radius 3 is 2.44 bits per heavy atom. The fraction of sp³-hybridized carbons (Fsp3) is 0.263. The van der Waals surface area contributed by atoms with Gasteiger partial charge < -0.3 is 23.9 Å². The normalized spacial score (nSPS) is 10.5. The number of furan rings is 1. The van der Waals surface area contributed by atoms with E-state index >= 15 is 0 Å². The van der Waals surface area contributed by atoms with Crippen LogP contribution < -0.4 is 19.5 Å². The summed E-state index contributed by atoms with van der Waals surface area (Å²) >= 11 is 1.30. The van der Waals surface area contributed by atoms with Crippen molar-refractivity contribution in [1.82, 2.24) is 10.3 Å². The van der Waals surface area contributed by atoms with Crippen LogP contribution in [0.4, 0.5) is 0 Å². The van der Waals surface area contributed by atoms with E-state index in [9.17, 15) is 4.79 Å². The van der Waals surface area contributed by atoms with Gasteiger partial charge in [-0.2, -0.15) is 0 Å². The average Bonchev–Trinajstić information content (AvgIpc) is 3.34. The van der Waals surface area contributed by atoms with Gasteiger partial charge >= 0.3 is 0 Å². The lowest BCUT2D eigenvalue weighted by Crippen LogP contribution is -2.22. The van der Waals surface area contributed by atoms with Gasteiger partial charge in [0.25, 0.3) is 5.91 Å². The number of ether oxygens (including phenoxy) is 3. The van der Waals surface area contributed by atoms with Crippen molar-refractivity contribution in [1.29, 1.82) is 0 Å². The molecule has 2 aromatic heterocycles. The molecule has 0 saturated carbocycles. The monoisotopic (exact) mass is 388 g/mol. The van der Waals surface area contributed by atoms with Crippen LogP contribution in [-0.2, 0) is 6.54 Å². The molecule has 0 bridgehead atoms. The van der Waals surface area contributed by atoms with Crippen LogP contribution in [0, 0.1) is 6.92 Å². The zero-order chi connectivity index (χ0) is 19.4. The molecule has 3 aromatic rings. The molecule has 0 saturated heterocycles. The Morgan fingerprint density at radius 1 is 1.19 bits per heavy atom. The summed E-state index contributed by atoms with van der Waals surface area (Å²) in [4.78, 5) is 17.6. The summed E-state index contributed by atoms with van der Waals surface area (Å²) in [6.45, 7) is 2.13. The quantitative estimate of drug-likeness (QED) is 0.665. The van der Waals surface area contributed by atoms with Gasteiger partial charge in [0.1, 0.15) is 15.6 Å². The third-order valence-corrected chi connectivity index (χ3v) is 5.12. The predicted octanol–water partition coefficient (Wildman–Crippen LogP) is 3.67. The van der Waals surface area contributed by atoms with Crippen LogP contribution in [0.3, 0.4) is 0 Å². The van der Waals surface area contributed by atoms with E-state index in [1.54, 1.807) is 46.6 Å². The number of methoxy groups -OCH3 is 3. The van der Waals surface area contributed by atoms with Crippen molar-refractivity contribution in [2.45, 2.75) is 13.5 Å². The van der Waals surface area contributed by atoms with Crippen LogP contribution in [0.5, 0.6) is 17.2 Å². The second-order valence-electron chi connectivity index (χ2n) is 5.61. The van der Waals surface area contributed by atoms with Gasteiger partial charge in [0, 0.05) is 5.56 Å². The van der Waals surface area contributed by atoms with Crippen molar-refractivity contribution < 1.29 is 23.4 Å². The molecule has 0 aliphatic heterocycles. The van der Waals surface area contributed by atoms with E-state index in [1.165, 1.54) is 11.3 Å². The summed E-state index contributed by atoms with van der Waals surface area (Å²) in [5.74, 6) is 2.07. The highest BCUT2D eigenvalue weighted by Crippen LogP contribution is 2.42. The average molecular weight is 388 g/mol. The first-order valence-corrected chi connectivity index (χ1v) is 8.97.